The van der Waals surface area contributed by atoms with E-state index >= 15 is 0 Å². The van der Waals surface area contributed by atoms with Gasteiger partial charge in [-0.2, -0.15) is 0 Å². The van der Waals surface area contributed by atoms with E-state index in [9.17, 15) is 9.13 Å². The van der Waals surface area contributed by atoms with Crippen molar-refractivity contribution in [3.63, 3.8) is 0 Å². The van der Waals surface area contributed by atoms with Gasteiger partial charge in [-0.3, -0.25) is 0 Å². The zero-order valence-corrected chi connectivity index (χ0v) is 16.9. The molecule has 0 fully saturated rings. The highest BCUT2D eigenvalue weighted by Gasteiger charge is 2.36. The second-order valence-corrected chi connectivity index (χ2v) is 8.49. The van der Waals surface area contributed by atoms with Crippen molar-refractivity contribution in [2.24, 2.45) is 0 Å². The number of hydrogen-bond acceptors (Lipinski definition) is 6. The van der Waals surface area contributed by atoms with E-state index in [-0.39, 0.29) is 0 Å². The van der Waals surface area contributed by atoms with E-state index in [0.717, 1.165) is 5.56 Å². The summed E-state index contributed by atoms with van der Waals surface area (Å²) in [6.45, 7) is 1.82. The first kappa shape index (κ1) is 20.1. The predicted octanol–water partition coefficient (Wildman–Crippen LogP) is 6.36. The molecule has 0 saturated heterocycles. The van der Waals surface area contributed by atoms with Crippen LogP contribution in [0.1, 0.15) is 5.56 Å². The maximum atomic E-state index is 13.2. The molecule has 8 heteroatoms. The summed E-state index contributed by atoms with van der Waals surface area (Å²) in [6.07, 6.45) is -0.544. The first-order valence-corrected chi connectivity index (χ1v) is 11.3. The standard InChI is InChI=1S/C20H19O6P2/c1-17-10-8-9-15-20(17)24-27(21)23-16-28(22,25-18-11-4-2-5-12-18)26-19-13-6-3-7-14-19/h2-15H,16H2,1H3/q+1. The van der Waals surface area contributed by atoms with E-state index in [1.165, 1.54) is 0 Å². The van der Waals surface area contributed by atoms with E-state index in [1.807, 2.05) is 19.1 Å². The van der Waals surface area contributed by atoms with Crippen LogP contribution in [0.5, 0.6) is 17.2 Å². The fourth-order valence-corrected chi connectivity index (χ4v) is 4.63. The van der Waals surface area contributed by atoms with Crippen molar-refractivity contribution in [2.45, 2.75) is 6.92 Å². The molecular formula is C20H19O6P2+. The van der Waals surface area contributed by atoms with Crippen LogP contribution in [0.25, 0.3) is 0 Å². The SMILES string of the molecule is Cc1ccccc1O[P+](=O)OCP(=O)(Oc1ccccc1)Oc1ccccc1. The van der Waals surface area contributed by atoms with Gasteiger partial charge in [-0.25, -0.2) is 9.09 Å². The van der Waals surface area contributed by atoms with Crippen LogP contribution in [0.15, 0.2) is 84.9 Å². The average molecular weight is 417 g/mol. The topological polar surface area (TPSA) is 71.1 Å². The summed E-state index contributed by atoms with van der Waals surface area (Å²) in [5.74, 6) is 1.12. The van der Waals surface area contributed by atoms with Crippen molar-refractivity contribution in [2.75, 3.05) is 6.35 Å². The van der Waals surface area contributed by atoms with Gasteiger partial charge >= 0.3 is 15.9 Å². The van der Waals surface area contributed by atoms with Crippen molar-refractivity contribution in [3.8, 4) is 17.2 Å². The molecule has 3 aromatic carbocycles. The Bertz CT molecular complexity index is 917. The lowest BCUT2D eigenvalue weighted by molar-refractivity contribution is 0.289. The van der Waals surface area contributed by atoms with Crippen LogP contribution in [-0.2, 0) is 13.7 Å². The molecule has 0 aliphatic heterocycles. The van der Waals surface area contributed by atoms with Crippen LogP contribution in [0, 0.1) is 6.92 Å². The van der Waals surface area contributed by atoms with E-state index < -0.39 is 22.2 Å². The molecule has 0 heterocycles. The molecule has 0 N–H and O–H groups in total. The third kappa shape index (κ3) is 5.93. The van der Waals surface area contributed by atoms with E-state index in [1.54, 1.807) is 72.8 Å². The third-order valence-electron chi connectivity index (χ3n) is 3.56. The van der Waals surface area contributed by atoms with Crippen molar-refractivity contribution in [1.29, 1.82) is 0 Å². The highest BCUT2D eigenvalue weighted by Crippen LogP contribution is 2.50. The maximum Gasteiger partial charge on any atom is 0.750 e. The summed E-state index contributed by atoms with van der Waals surface area (Å²) in [5.41, 5.74) is 0.804. The van der Waals surface area contributed by atoms with Gasteiger partial charge in [0.25, 0.3) is 0 Å². The Hall–Kier alpha value is -2.65. The molecule has 6 nitrogen and oxygen atoms in total. The van der Waals surface area contributed by atoms with Crippen LogP contribution >= 0.6 is 15.9 Å². The molecule has 1 unspecified atom stereocenters. The monoisotopic (exact) mass is 417 g/mol. The molecule has 144 valence electrons. The van der Waals surface area contributed by atoms with Gasteiger partial charge in [0.15, 0.2) is 5.75 Å². The van der Waals surface area contributed by atoms with Crippen molar-refractivity contribution >= 4 is 15.9 Å². The van der Waals surface area contributed by atoms with Crippen LogP contribution in [0.4, 0.5) is 0 Å². The van der Waals surface area contributed by atoms with Gasteiger partial charge in [-0.1, -0.05) is 59.1 Å². The molecule has 0 radical (unpaired) electrons. The molecule has 0 amide bonds. The van der Waals surface area contributed by atoms with Gasteiger partial charge in [-0.15, -0.1) is 0 Å². The quantitative estimate of drug-likeness (QED) is 0.378. The Morgan fingerprint density at radius 1 is 0.786 bits per heavy atom. The summed E-state index contributed by atoms with van der Waals surface area (Å²) >= 11 is 0. The van der Waals surface area contributed by atoms with Crippen LogP contribution in [-0.4, -0.2) is 6.35 Å². The minimum absolute atomic E-state index is 0.348. The maximum absolute atomic E-state index is 13.2. The predicted molar refractivity (Wildman–Crippen MR) is 107 cm³/mol. The zero-order valence-electron chi connectivity index (χ0n) is 15.1. The summed E-state index contributed by atoms with van der Waals surface area (Å²) < 4.78 is 47.0. The molecular weight excluding hydrogens is 398 g/mol. The van der Waals surface area contributed by atoms with Gasteiger partial charge < -0.3 is 9.05 Å². The lowest BCUT2D eigenvalue weighted by Gasteiger charge is -2.17. The van der Waals surface area contributed by atoms with Gasteiger partial charge in [0.05, 0.1) is 0 Å². The molecule has 28 heavy (non-hydrogen) atoms. The molecule has 0 bridgehead atoms. The smallest absolute Gasteiger partial charge is 0.414 e. The normalized spacial score (nSPS) is 11.5. The minimum Gasteiger partial charge on any atom is -0.414 e. The van der Waals surface area contributed by atoms with E-state index in [0.29, 0.717) is 17.2 Å². The second-order valence-electron chi connectivity index (χ2n) is 5.76. The summed E-state index contributed by atoms with van der Waals surface area (Å²) in [4.78, 5) is 0. The van der Waals surface area contributed by atoms with Crippen molar-refractivity contribution < 1.29 is 27.2 Å². The van der Waals surface area contributed by atoms with Crippen LogP contribution in [0.3, 0.4) is 0 Å². The average Bonchev–Trinajstić information content (AvgIpc) is 2.70. The van der Waals surface area contributed by atoms with Crippen LogP contribution < -0.4 is 13.6 Å². The van der Waals surface area contributed by atoms with Gasteiger partial charge in [0, 0.05) is 4.57 Å². The lowest BCUT2D eigenvalue weighted by Crippen LogP contribution is -2.06. The first-order valence-electron chi connectivity index (χ1n) is 8.46. The van der Waals surface area contributed by atoms with Gasteiger partial charge in [0.2, 0.25) is 6.35 Å². The Kier molecular flexibility index (Phi) is 6.83. The minimum atomic E-state index is -3.82. The second kappa shape index (κ2) is 9.52. The third-order valence-corrected chi connectivity index (χ3v) is 5.88. The van der Waals surface area contributed by atoms with E-state index in [2.05, 4.69) is 0 Å². The Labute approximate surface area is 164 Å². The van der Waals surface area contributed by atoms with Crippen molar-refractivity contribution in [1.82, 2.24) is 0 Å². The van der Waals surface area contributed by atoms with Crippen molar-refractivity contribution in [3.05, 3.63) is 90.5 Å². The largest absolute Gasteiger partial charge is 0.750 e. The number of para-hydroxylation sites is 3. The number of rotatable bonds is 9. The van der Waals surface area contributed by atoms with E-state index in [4.69, 9.17) is 18.1 Å². The Morgan fingerprint density at radius 2 is 1.29 bits per heavy atom. The zero-order chi connectivity index (χ0) is 19.8. The summed E-state index contributed by atoms with van der Waals surface area (Å²) in [6, 6.07) is 24.2. The molecule has 1 atom stereocenters. The number of aryl methyl sites for hydroxylation is 1. The fraction of sp³-hybridized carbons (Fsp3) is 0.100. The fourth-order valence-electron chi connectivity index (χ4n) is 2.24. The molecule has 0 saturated carbocycles. The molecule has 0 aliphatic carbocycles. The first-order chi connectivity index (χ1) is 13.5. The molecule has 0 aliphatic rings. The van der Waals surface area contributed by atoms with Gasteiger partial charge in [-0.05, 0) is 42.8 Å². The summed E-state index contributed by atoms with van der Waals surface area (Å²) in [7, 11) is -6.39. The highest BCUT2D eigenvalue weighted by atomic mass is 31.2. The highest BCUT2D eigenvalue weighted by molar-refractivity contribution is 7.54. The summed E-state index contributed by atoms with van der Waals surface area (Å²) in [5, 5.41) is 0. The Morgan fingerprint density at radius 3 is 1.82 bits per heavy atom. The molecule has 3 aromatic rings. The van der Waals surface area contributed by atoms with Gasteiger partial charge in [0.1, 0.15) is 11.5 Å². The van der Waals surface area contributed by atoms with Crippen LogP contribution in [0.2, 0.25) is 0 Å². The number of benzene rings is 3. The number of hydrogen-bond donors (Lipinski definition) is 0. The molecule has 0 aromatic heterocycles. The molecule has 0 spiro atoms. The Balaban J connectivity index is 1.70. The molecule has 3 rings (SSSR count). The lowest BCUT2D eigenvalue weighted by atomic mass is 10.2.